The van der Waals surface area contributed by atoms with Crippen molar-refractivity contribution in [3.63, 3.8) is 0 Å². The van der Waals surface area contributed by atoms with E-state index in [4.69, 9.17) is 5.11 Å². The number of fused-ring (bicyclic) bond motifs is 5. The van der Waals surface area contributed by atoms with Crippen molar-refractivity contribution in [2.45, 2.75) is 88.0 Å². The Morgan fingerprint density at radius 1 is 0.938 bits per heavy atom. The quantitative estimate of drug-likeness (QED) is 0.156. The van der Waals surface area contributed by atoms with Crippen LogP contribution in [0.25, 0.3) is 28.2 Å². The van der Waals surface area contributed by atoms with Crippen LogP contribution >= 0.6 is 0 Å². The number of amides is 2. The second-order valence-electron chi connectivity index (χ2n) is 13.4. The van der Waals surface area contributed by atoms with Crippen LogP contribution < -0.4 is 10.6 Å². The summed E-state index contributed by atoms with van der Waals surface area (Å²) in [6, 6.07) is 16.3. The van der Waals surface area contributed by atoms with Crippen LogP contribution in [0.3, 0.4) is 0 Å². The van der Waals surface area contributed by atoms with Crippen molar-refractivity contribution < 1.29 is 29.7 Å². The molecule has 2 aromatic heterocycles. The molecule has 4 aromatic rings. The van der Waals surface area contributed by atoms with Gasteiger partial charge in [0, 0.05) is 40.0 Å². The highest BCUT2D eigenvalue weighted by atomic mass is 16.4. The number of carbonyl (C=O) groups excluding carboxylic acids is 2. The zero-order valence-electron chi connectivity index (χ0n) is 26.7. The zero-order chi connectivity index (χ0) is 33.4. The molecule has 2 aliphatic carbocycles. The summed E-state index contributed by atoms with van der Waals surface area (Å²) < 4.78 is 2.05. The first-order valence-electron chi connectivity index (χ1n) is 16.9. The highest BCUT2D eigenvalue weighted by Gasteiger charge is 2.43. The van der Waals surface area contributed by atoms with E-state index in [9.17, 15) is 24.6 Å². The molecule has 0 bridgehead atoms. The second kappa shape index (κ2) is 13.0. The van der Waals surface area contributed by atoms with Crippen LogP contribution in [-0.2, 0) is 16.1 Å². The number of rotatable bonds is 7. The molecule has 0 unspecified atom stereocenters. The van der Waals surface area contributed by atoms with Crippen molar-refractivity contribution in [1.82, 2.24) is 14.9 Å². The van der Waals surface area contributed by atoms with Crippen LogP contribution in [0, 0.1) is 0 Å². The molecule has 1 aliphatic heterocycles. The van der Waals surface area contributed by atoms with Crippen molar-refractivity contribution >= 4 is 40.4 Å². The van der Waals surface area contributed by atoms with Gasteiger partial charge in [-0.1, -0.05) is 50.3 Å². The van der Waals surface area contributed by atoms with Crippen LogP contribution in [0.2, 0.25) is 0 Å². The summed E-state index contributed by atoms with van der Waals surface area (Å²) in [5.41, 5.74) is 4.77. The fourth-order valence-corrected chi connectivity index (χ4v) is 7.90. The minimum Gasteiger partial charge on any atom is -0.478 e. The lowest BCUT2D eigenvalue weighted by atomic mass is 9.81. The van der Waals surface area contributed by atoms with E-state index in [1.165, 1.54) is 18.1 Å². The molecule has 3 heterocycles. The Kier molecular flexibility index (Phi) is 8.61. The van der Waals surface area contributed by atoms with Gasteiger partial charge in [-0.25, -0.2) is 4.79 Å². The Balaban J connectivity index is 1.22. The number of anilines is 1. The van der Waals surface area contributed by atoms with E-state index in [2.05, 4.69) is 15.6 Å². The molecule has 0 spiro atoms. The third-order valence-corrected chi connectivity index (χ3v) is 10.3. The summed E-state index contributed by atoms with van der Waals surface area (Å²) in [5.74, 6) is -1.37. The predicted octanol–water partition coefficient (Wildman–Crippen LogP) is 5.94. The summed E-state index contributed by atoms with van der Waals surface area (Å²) in [6.45, 7) is 0.151. The molecule has 0 saturated heterocycles. The highest BCUT2D eigenvalue weighted by Crippen LogP contribution is 2.47. The van der Waals surface area contributed by atoms with Gasteiger partial charge in [0.05, 0.1) is 17.9 Å². The maximum absolute atomic E-state index is 14.0. The Hall–Kier alpha value is -4.80. The van der Waals surface area contributed by atoms with E-state index in [1.54, 1.807) is 30.5 Å². The first kappa shape index (κ1) is 31.8. The molecule has 2 amide bonds. The Morgan fingerprint density at radius 3 is 2.42 bits per heavy atom. The average Bonchev–Trinajstić information content (AvgIpc) is 3.68. The molecular weight excluding hydrogens is 608 g/mol. The molecule has 0 radical (unpaired) electrons. The number of aliphatic hydroxyl groups is 2. The van der Waals surface area contributed by atoms with Gasteiger partial charge in [-0.05, 0) is 85.2 Å². The van der Waals surface area contributed by atoms with Crippen LogP contribution in [-0.4, -0.2) is 54.3 Å². The molecular formula is C38H40N4O6. The third-order valence-electron chi connectivity index (χ3n) is 10.3. The molecule has 7 rings (SSSR count). The number of aliphatic carboxylic acids is 1. The highest BCUT2D eigenvalue weighted by molar-refractivity contribution is 6.06. The van der Waals surface area contributed by atoms with Crippen LogP contribution in [0.4, 0.5) is 5.69 Å². The Morgan fingerprint density at radius 2 is 1.69 bits per heavy atom. The molecule has 2 saturated carbocycles. The molecule has 10 nitrogen and oxygen atoms in total. The maximum atomic E-state index is 14.0. The standard InChI is InChI=1S/C38H40N4O6/c43-30-22-42-29-21-25(13-16-27(29)32(24-7-2-1-3-8-24)34(42)28-9-6-20-39-33(28)35(30)46)36(47)41-38(18-4-5-19-38)37(48)40-26-14-10-23(11-15-26)12-17-31(44)45/h6,9-17,20-21,24,30,35,43,46H,1-5,7-8,18-19,22H2,(H,40,48)(H,41,47)(H,44,45)/t30-,35-/m1/s1. The molecule has 248 valence electrons. The fourth-order valence-electron chi connectivity index (χ4n) is 7.90. The molecule has 5 N–H and O–H groups in total. The smallest absolute Gasteiger partial charge is 0.328 e. The maximum Gasteiger partial charge on any atom is 0.328 e. The van der Waals surface area contributed by atoms with E-state index in [0.717, 1.165) is 66.8 Å². The van der Waals surface area contributed by atoms with Crippen molar-refractivity contribution in [3.05, 3.63) is 89.3 Å². The summed E-state index contributed by atoms with van der Waals surface area (Å²) in [7, 11) is 0. The summed E-state index contributed by atoms with van der Waals surface area (Å²) >= 11 is 0. The number of pyridine rings is 1. The number of carbonyl (C=O) groups is 3. The molecule has 48 heavy (non-hydrogen) atoms. The molecule has 2 aromatic carbocycles. The van der Waals surface area contributed by atoms with Gasteiger partial charge in [0.15, 0.2) is 0 Å². The fraction of sp³-hybridized carbons (Fsp3) is 0.368. The van der Waals surface area contributed by atoms with Crippen molar-refractivity contribution in [3.8, 4) is 11.3 Å². The van der Waals surface area contributed by atoms with E-state index >= 15 is 0 Å². The number of carboxylic acids is 1. The van der Waals surface area contributed by atoms with E-state index in [1.807, 2.05) is 34.9 Å². The van der Waals surface area contributed by atoms with Gasteiger partial charge in [0.25, 0.3) is 5.91 Å². The summed E-state index contributed by atoms with van der Waals surface area (Å²) in [6.07, 6.45) is 10.1. The number of nitrogens with zero attached hydrogens (tertiary/aromatic N) is 2. The number of aromatic nitrogens is 2. The van der Waals surface area contributed by atoms with Gasteiger partial charge in [-0.3, -0.25) is 14.6 Å². The van der Waals surface area contributed by atoms with Gasteiger partial charge < -0.3 is 30.5 Å². The first-order valence-corrected chi connectivity index (χ1v) is 16.9. The molecule has 2 fully saturated rings. The minimum absolute atomic E-state index is 0.151. The number of carboxylic acid groups (broad SMARTS) is 1. The van der Waals surface area contributed by atoms with Crippen LogP contribution in [0.5, 0.6) is 0 Å². The number of benzene rings is 2. The van der Waals surface area contributed by atoms with Gasteiger partial charge in [-0.15, -0.1) is 0 Å². The number of hydrogen-bond acceptors (Lipinski definition) is 6. The Labute approximate surface area is 278 Å². The molecule has 3 aliphatic rings. The summed E-state index contributed by atoms with van der Waals surface area (Å²) in [5, 5.41) is 38.1. The Bertz CT molecular complexity index is 1900. The zero-order valence-corrected chi connectivity index (χ0v) is 26.7. The van der Waals surface area contributed by atoms with Crippen molar-refractivity contribution in [1.29, 1.82) is 0 Å². The van der Waals surface area contributed by atoms with Crippen LogP contribution in [0.1, 0.15) is 97.0 Å². The van der Waals surface area contributed by atoms with E-state index in [-0.39, 0.29) is 18.4 Å². The second-order valence-corrected chi connectivity index (χ2v) is 13.4. The lowest BCUT2D eigenvalue weighted by Crippen LogP contribution is -2.55. The molecule has 10 heteroatoms. The minimum atomic E-state index is -1.14. The number of aliphatic hydroxyl groups excluding tert-OH is 2. The number of nitrogens with one attached hydrogen (secondary N) is 2. The topological polar surface area (TPSA) is 154 Å². The molecule has 2 atom stereocenters. The van der Waals surface area contributed by atoms with Gasteiger partial charge >= 0.3 is 5.97 Å². The third kappa shape index (κ3) is 5.90. The lowest BCUT2D eigenvalue weighted by molar-refractivity contribution is -0.131. The predicted molar refractivity (Wildman–Crippen MR) is 182 cm³/mol. The number of hydrogen-bond donors (Lipinski definition) is 5. The van der Waals surface area contributed by atoms with Crippen molar-refractivity contribution in [2.24, 2.45) is 0 Å². The average molecular weight is 649 g/mol. The van der Waals surface area contributed by atoms with E-state index < -0.39 is 23.7 Å². The van der Waals surface area contributed by atoms with E-state index in [0.29, 0.717) is 41.3 Å². The summed E-state index contributed by atoms with van der Waals surface area (Å²) in [4.78, 5) is 43.0. The largest absolute Gasteiger partial charge is 0.478 e. The monoisotopic (exact) mass is 648 g/mol. The van der Waals surface area contributed by atoms with Gasteiger partial charge in [0.2, 0.25) is 5.91 Å². The normalized spacial score (nSPS) is 20.6. The van der Waals surface area contributed by atoms with Crippen molar-refractivity contribution in [2.75, 3.05) is 5.32 Å². The van der Waals surface area contributed by atoms with Gasteiger partial charge in [0.1, 0.15) is 17.7 Å². The van der Waals surface area contributed by atoms with Crippen LogP contribution in [0.15, 0.2) is 66.9 Å². The SMILES string of the molecule is O=C(O)C=Cc1ccc(NC(=O)C2(NC(=O)c3ccc4c(C5CCCCC5)c5n(c4c3)C[C@@H](O)[C@@H](O)c3ncccc3-5)CCCC2)cc1. The lowest BCUT2D eigenvalue weighted by Gasteiger charge is -2.29. The first-order chi connectivity index (χ1) is 23.2. The van der Waals surface area contributed by atoms with Gasteiger partial charge in [-0.2, -0.15) is 0 Å².